The number of nitrogens with one attached hydrogen (secondary N) is 1. The lowest BCUT2D eigenvalue weighted by molar-refractivity contribution is -0.118. The van der Waals surface area contributed by atoms with Crippen LogP contribution in [0, 0.1) is 0 Å². The summed E-state index contributed by atoms with van der Waals surface area (Å²) < 4.78 is 3.73. The molecule has 1 aliphatic heterocycles. The van der Waals surface area contributed by atoms with E-state index >= 15 is 0 Å². The Labute approximate surface area is 264 Å². The summed E-state index contributed by atoms with van der Waals surface area (Å²) in [7, 11) is 4.06. The highest BCUT2D eigenvalue weighted by atomic mass is 16.1. The molecule has 1 saturated heterocycles. The second-order valence-electron chi connectivity index (χ2n) is 12.7. The summed E-state index contributed by atoms with van der Waals surface area (Å²) in [5.41, 5.74) is 11.9. The molecule has 2 aromatic carbocycles. The highest BCUT2D eigenvalue weighted by molar-refractivity contribution is 5.88. The molecule has 45 heavy (non-hydrogen) atoms. The van der Waals surface area contributed by atoms with Crippen LogP contribution in [0.2, 0.25) is 0 Å². The van der Waals surface area contributed by atoms with Crippen LogP contribution in [-0.2, 0) is 17.8 Å². The smallest absolute Gasteiger partial charge is 0.230 e. The second kappa shape index (κ2) is 13.3. The molecule has 0 saturated carbocycles. The molecular formula is C34H44N10O. The normalized spacial score (nSPS) is 14.3. The molecule has 3 aromatic heterocycles. The third-order valence-electron chi connectivity index (χ3n) is 8.57. The molecule has 1 fully saturated rings. The summed E-state index contributed by atoms with van der Waals surface area (Å²) in [6.07, 6.45) is 7.60. The van der Waals surface area contributed by atoms with Crippen molar-refractivity contribution in [1.29, 1.82) is 0 Å². The molecule has 0 radical (unpaired) electrons. The van der Waals surface area contributed by atoms with Crippen molar-refractivity contribution in [2.75, 3.05) is 43.9 Å². The van der Waals surface area contributed by atoms with Gasteiger partial charge in [-0.2, -0.15) is 24.7 Å². The maximum atomic E-state index is 12.8. The van der Waals surface area contributed by atoms with Crippen LogP contribution < -0.4 is 16.0 Å². The Hall–Kier alpha value is -4.35. The zero-order valence-corrected chi connectivity index (χ0v) is 26.8. The van der Waals surface area contributed by atoms with Gasteiger partial charge in [-0.15, -0.1) is 0 Å². The van der Waals surface area contributed by atoms with Crippen LogP contribution in [0.5, 0.6) is 0 Å². The lowest BCUT2D eigenvalue weighted by atomic mass is 10.0. The number of ketones is 1. The molecule has 6 rings (SSSR count). The third kappa shape index (κ3) is 6.84. The van der Waals surface area contributed by atoms with Crippen LogP contribution in [-0.4, -0.2) is 79.8 Å². The number of rotatable bonds is 12. The number of hydrogen-bond acceptors (Lipinski definition) is 9. The summed E-state index contributed by atoms with van der Waals surface area (Å²) in [5.74, 6) is 1.87. The average Bonchev–Trinajstić information content (AvgIpc) is 3.66. The molecule has 11 nitrogen and oxygen atoms in total. The standard InChI is InChI=1S/C34H44N10O/c1-23(2)29-21-37-44-32(29)38-34(42-17-14-27(35)15-18-42)39-33(44)36-20-25-9-5-6-13-30(25)43-22-26-11-7-10-24(31(26)40-43)19-28(45)12-8-16-41(3)4/h5-7,9-11,13,21-23,27H,8,12,14-20,35H2,1-4H3,(H,36,38,39). The van der Waals surface area contributed by atoms with Crippen molar-refractivity contribution in [3.05, 3.63) is 71.5 Å². The fourth-order valence-electron chi connectivity index (χ4n) is 5.97. The minimum Gasteiger partial charge on any atom is -0.350 e. The summed E-state index contributed by atoms with van der Waals surface area (Å²) in [5, 5.41) is 14.2. The molecule has 0 spiro atoms. The van der Waals surface area contributed by atoms with Crippen LogP contribution in [0.25, 0.3) is 22.2 Å². The fraction of sp³-hybridized carbons (Fsp3) is 0.441. The number of carbonyl (C=O) groups excluding carboxylic acids is 1. The van der Waals surface area contributed by atoms with E-state index in [9.17, 15) is 4.79 Å². The van der Waals surface area contributed by atoms with Crippen molar-refractivity contribution in [2.24, 2.45) is 5.73 Å². The van der Waals surface area contributed by atoms with E-state index in [2.05, 4.69) is 52.3 Å². The van der Waals surface area contributed by atoms with Crippen molar-refractivity contribution < 1.29 is 4.79 Å². The SMILES string of the molecule is CC(C)c1cnn2c(NCc3ccccc3-n3cc4cccc(CC(=O)CCCN(C)C)c4n3)nc(N3CCC(N)CC3)nc12. The quantitative estimate of drug-likeness (QED) is 0.210. The van der Waals surface area contributed by atoms with Gasteiger partial charge >= 0.3 is 0 Å². The van der Waals surface area contributed by atoms with Crippen LogP contribution in [0.3, 0.4) is 0 Å². The maximum Gasteiger partial charge on any atom is 0.230 e. The first kappa shape index (κ1) is 30.7. The van der Waals surface area contributed by atoms with Crippen molar-refractivity contribution in [1.82, 2.24) is 34.3 Å². The molecule has 0 amide bonds. The average molecular weight is 609 g/mol. The van der Waals surface area contributed by atoms with E-state index in [1.165, 1.54) is 0 Å². The number of benzene rings is 2. The zero-order chi connectivity index (χ0) is 31.5. The lowest BCUT2D eigenvalue weighted by Crippen LogP contribution is -2.40. The second-order valence-corrected chi connectivity index (χ2v) is 12.7. The van der Waals surface area contributed by atoms with Gasteiger partial charge in [-0.3, -0.25) is 4.79 Å². The van der Waals surface area contributed by atoms with Gasteiger partial charge in [-0.05, 0) is 63.0 Å². The van der Waals surface area contributed by atoms with Gasteiger partial charge in [0.15, 0.2) is 5.65 Å². The van der Waals surface area contributed by atoms with Gasteiger partial charge in [0, 0.05) is 55.7 Å². The molecule has 4 heterocycles. The van der Waals surface area contributed by atoms with Gasteiger partial charge in [-0.25, -0.2) is 4.68 Å². The molecule has 0 atom stereocenters. The Morgan fingerprint density at radius 3 is 2.62 bits per heavy atom. The Balaban J connectivity index is 1.27. The van der Waals surface area contributed by atoms with Gasteiger partial charge in [0.1, 0.15) is 5.78 Å². The van der Waals surface area contributed by atoms with Crippen LogP contribution >= 0.6 is 0 Å². The molecule has 1 aliphatic rings. The molecule has 0 unspecified atom stereocenters. The molecule has 5 aromatic rings. The Morgan fingerprint density at radius 1 is 1.07 bits per heavy atom. The van der Waals surface area contributed by atoms with Crippen LogP contribution in [0.15, 0.2) is 54.9 Å². The number of nitrogens with zero attached hydrogens (tertiary/aromatic N) is 8. The summed E-state index contributed by atoms with van der Waals surface area (Å²) in [6.45, 7) is 7.40. The Kier molecular flexibility index (Phi) is 9.09. The molecule has 0 aliphatic carbocycles. The number of fused-ring (bicyclic) bond motifs is 2. The van der Waals surface area contributed by atoms with E-state index in [0.717, 1.165) is 77.8 Å². The van der Waals surface area contributed by atoms with Gasteiger partial charge in [0.05, 0.1) is 17.4 Å². The van der Waals surface area contributed by atoms with Crippen LogP contribution in [0.1, 0.15) is 62.1 Å². The first-order valence-electron chi connectivity index (χ1n) is 16.0. The number of hydrogen-bond donors (Lipinski definition) is 2. The minimum atomic E-state index is 0.226. The van der Waals surface area contributed by atoms with Gasteiger partial charge < -0.3 is 20.9 Å². The third-order valence-corrected chi connectivity index (χ3v) is 8.57. The number of piperidine rings is 1. The van der Waals surface area contributed by atoms with E-state index in [4.69, 9.17) is 20.8 Å². The predicted octanol–water partition coefficient (Wildman–Crippen LogP) is 4.58. The molecule has 11 heteroatoms. The number of carbonyl (C=O) groups is 1. The van der Waals surface area contributed by atoms with E-state index in [1.54, 1.807) is 4.52 Å². The number of Topliss-reactive ketones (excluding diaryl/α,β-unsaturated/α-hetero) is 1. The number of nitrogens with two attached hydrogens (primary N) is 1. The van der Waals surface area contributed by atoms with Crippen molar-refractivity contribution in [3.8, 4) is 5.69 Å². The number of para-hydroxylation sites is 1. The highest BCUT2D eigenvalue weighted by Gasteiger charge is 2.22. The van der Waals surface area contributed by atoms with Gasteiger partial charge in [0.25, 0.3) is 0 Å². The van der Waals surface area contributed by atoms with E-state index in [0.29, 0.717) is 31.3 Å². The lowest BCUT2D eigenvalue weighted by Gasteiger charge is -2.30. The number of aromatic nitrogens is 6. The van der Waals surface area contributed by atoms with E-state index < -0.39 is 0 Å². The summed E-state index contributed by atoms with van der Waals surface area (Å²) in [4.78, 5) is 27.0. The largest absolute Gasteiger partial charge is 0.350 e. The molecular weight excluding hydrogens is 564 g/mol. The van der Waals surface area contributed by atoms with E-state index in [-0.39, 0.29) is 17.7 Å². The summed E-state index contributed by atoms with van der Waals surface area (Å²) in [6, 6.07) is 14.5. The molecule has 0 bridgehead atoms. The Bertz CT molecular complexity index is 1780. The van der Waals surface area contributed by atoms with Gasteiger partial charge in [-0.1, -0.05) is 50.2 Å². The number of anilines is 2. The first-order chi connectivity index (χ1) is 21.8. The topological polar surface area (TPSA) is 122 Å². The fourth-order valence-corrected chi connectivity index (χ4v) is 5.97. The van der Waals surface area contributed by atoms with Crippen molar-refractivity contribution >= 4 is 34.2 Å². The zero-order valence-electron chi connectivity index (χ0n) is 26.8. The van der Waals surface area contributed by atoms with Gasteiger partial charge in [0.2, 0.25) is 11.9 Å². The Morgan fingerprint density at radius 2 is 1.84 bits per heavy atom. The predicted molar refractivity (Wildman–Crippen MR) is 179 cm³/mol. The molecule has 236 valence electrons. The van der Waals surface area contributed by atoms with Crippen molar-refractivity contribution in [3.63, 3.8) is 0 Å². The minimum absolute atomic E-state index is 0.226. The van der Waals surface area contributed by atoms with E-state index in [1.807, 2.05) is 55.4 Å². The molecule has 3 N–H and O–H groups in total. The highest BCUT2D eigenvalue weighted by Crippen LogP contribution is 2.26. The monoisotopic (exact) mass is 608 g/mol. The summed E-state index contributed by atoms with van der Waals surface area (Å²) >= 11 is 0. The van der Waals surface area contributed by atoms with Crippen molar-refractivity contribution in [2.45, 2.75) is 64.5 Å². The van der Waals surface area contributed by atoms with Crippen LogP contribution in [0.4, 0.5) is 11.9 Å². The maximum absolute atomic E-state index is 12.8. The first-order valence-corrected chi connectivity index (χ1v) is 16.0.